The van der Waals surface area contributed by atoms with Crippen LogP contribution in [-0.4, -0.2) is 22.9 Å². The molecule has 1 heterocycles. The quantitative estimate of drug-likeness (QED) is 0.888. The van der Waals surface area contributed by atoms with Crippen LogP contribution < -0.4 is 10.2 Å². The molecule has 0 aliphatic rings. The lowest BCUT2D eigenvalue weighted by molar-refractivity contribution is 0.580. The summed E-state index contributed by atoms with van der Waals surface area (Å²) in [6.07, 6.45) is 3.85. The second kappa shape index (κ2) is 6.72. The fourth-order valence-corrected chi connectivity index (χ4v) is 2.29. The fraction of sp³-hybridized carbons (Fsp3) is 0.438. The van der Waals surface area contributed by atoms with E-state index in [1.165, 1.54) is 6.07 Å². The Morgan fingerprint density at radius 3 is 2.76 bits per heavy atom. The summed E-state index contributed by atoms with van der Waals surface area (Å²) in [5.41, 5.74) is 3.13. The van der Waals surface area contributed by atoms with Gasteiger partial charge in [-0.1, -0.05) is 13.8 Å². The molecule has 0 aliphatic heterocycles. The zero-order chi connectivity index (χ0) is 15.4. The molecule has 2 aromatic rings. The van der Waals surface area contributed by atoms with Gasteiger partial charge >= 0.3 is 0 Å². The SMILES string of the molecule is CC(C)NCc1cc(F)ccc1N(C)Cc1cnn(C)c1. The summed E-state index contributed by atoms with van der Waals surface area (Å²) in [6.45, 7) is 5.56. The lowest BCUT2D eigenvalue weighted by atomic mass is 10.1. The Labute approximate surface area is 125 Å². The lowest BCUT2D eigenvalue weighted by Crippen LogP contribution is -2.24. The van der Waals surface area contributed by atoms with Crippen LogP contribution >= 0.6 is 0 Å². The molecule has 2 rings (SSSR count). The number of nitrogens with one attached hydrogen (secondary N) is 1. The van der Waals surface area contributed by atoms with E-state index in [1.807, 2.05) is 32.6 Å². The minimum atomic E-state index is -0.200. The van der Waals surface area contributed by atoms with Crippen LogP contribution in [-0.2, 0) is 20.1 Å². The van der Waals surface area contributed by atoms with Gasteiger partial charge in [-0.05, 0) is 23.8 Å². The minimum Gasteiger partial charge on any atom is -0.370 e. The van der Waals surface area contributed by atoms with E-state index >= 15 is 0 Å². The third kappa shape index (κ3) is 4.29. The zero-order valence-corrected chi connectivity index (χ0v) is 13.1. The molecule has 5 heteroatoms. The van der Waals surface area contributed by atoms with E-state index in [-0.39, 0.29) is 5.82 Å². The van der Waals surface area contributed by atoms with Crippen molar-refractivity contribution in [3.63, 3.8) is 0 Å². The normalized spacial score (nSPS) is 11.1. The van der Waals surface area contributed by atoms with Gasteiger partial charge in [-0.2, -0.15) is 5.10 Å². The smallest absolute Gasteiger partial charge is 0.123 e. The summed E-state index contributed by atoms with van der Waals surface area (Å²) >= 11 is 0. The Morgan fingerprint density at radius 2 is 2.14 bits per heavy atom. The van der Waals surface area contributed by atoms with E-state index in [2.05, 4.69) is 29.2 Å². The topological polar surface area (TPSA) is 33.1 Å². The first-order valence-electron chi connectivity index (χ1n) is 7.16. The summed E-state index contributed by atoms with van der Waals surface area (Å²) in [5, 5.41) is 7.52. The molecule has 0 saturated heterocycles. The Bertz CT molecular complexity index is 592. The molecular formula is C16H23FN4. The molecule has 0 aliphatic carbocycles. The number of aryl methyl sites for hydroxylation is 1. The van der Waals surface area contributed by atoms with Gasteiger partial charge in [0, 0.05) is 50.7 Å². The number of rotatable bonds is 6. The second-order valence-corrected chi connectivity index (χ2v) is 5.69. The van der Waals surface area contributed by atoms with Crippen LogP contribution in [0.3, 0.4) is 0 Å². The predicted molar refractivity (Wildman–Crippen MR) is 83.7 cm³/mol. The Morgan fingerprint density at radius 1 is 1.38 bits per heavy atom. The number of aromatic nitrogens is 2. The van der Waals surface area contributed by atoms with Crippen LogP contribution in [0.5, 0.6) is 0 Å². The second-order valence-electron chi connectivity index (χ2n) is 5.69. The van der Waals surface area contributed by atoms with Gasteiger partial charge in [-0.3, -0.25) is 4.68 Å². The standard InChI is InChI=1S/C16H23FN4/c1-12(2)18-9-14-7-15(17)5-6-16(14)20(3)10-13-8-19-21(4)11-13/h5-8,11-12,18H,9-10H2,1-4H3. The van der Waals surface area contributed by atoms with E-state index < -0.39 is 0 Å². The number of hydrogen-bond acceptors (Lipinski definition) is 3. The van der Waals surface area contributed by atoms with E-state index in [1.54, 1.807) is 10.7 Å². The number of anilines is 1. The van der Waals surface area contributed by atoms with Crippen molar-refractivity contribution in [1.29, 1.82) is 0 Å². The van der Waals surface area contributed by atoms with Gasteiger partial charge < -0.3 is 10.2 Å². The van der Waals surface area contributed by atoms with E-state index in [0.717, 1.165) is 23.4 Å². The Hall–Kier alpha value is -1.88. The van der Waals surface area contributed by atoms with E-state index in [0.29, 0.717) is 12.6 Å². The lowest BCUT2D eigenvalue weighted by Gasteiger charge is -2.23. The average Bonchev–Trinajstić information content (AvgIpc) is 2.81. The molecule has 0 spiro atoms. The maximum atomic E-state index is 13.5. The maximum Gasteiger partial charge on any atom is 0.123 e. The van der Waals surface area contributed by atoms with Crippen molar-refractivity contribution in [1.82, 2.24) is 15.1 Å². The predicted octanol–water partition coefficient (Wildman–Crippen LogP) is 2.69. The third-order valence-corrected chi connectivity index (χ3v) is 3.33. The molecule has 0 amide bonds. The summed E-state index contributed by atoms with van der Waals surface area (Å²) in [7, 11) is 3.92. The van der Waals surface area contributed by atoms with Crippen LogP contribution in [0.4, 0.5) is 10.1 Å². The number of hydrogen-bond donors (Lipinski definition) is 1. The molecule has 114 valence electrons. The largest absolute Gasteiger partial charge is 0.370 e. The third-order valence-electron chi connectivity index (χ3n) is 3.33. The minimum absolute atomic E-state index is 0.200. The monoisotopic (exact) mass is 290 g/mol. The number of benzene rings is 1. The first-order valence-corrected chi connectivity index (χ1v) is 7.16. The van der Waals surface area contributed by atoms with Crippen LogP contribution in [0.2, 0.25) is 0 Å². The highest BCUT2D eigenvalue weighted by Gasteiger charge is 2.10. The summed E-state index contributed by atoms with van der Waals surface area (Å²) in [6, 6.07) is 5.31. The van der Waals surface area contributed by atoms with Gasteiger partial charge in [0.15, 0.2) is 0 Å². The maximum absolute atomic E-state index is 13.5. The van der Waals surface area contributed by atoms with Crippen molar-refractivity contribution in [3.05, 3.63) is 47.5 Å². The van der Waals surface area contributed by atoms with Crippen LogP contribution in [0.1, 0.15) is 25.0 Å². The van der Waals surface area contributed by atoms with Gasteiger partial charge in [-0.25, -0.2) is 4.39 Å². The van der Waals surface area contributed by atoms with Crippen molar-refractivity contribution in [2.45, 2.75) is 33.0 Å². The molecule has 1 N–H and O–H groups in total. The van der Waals surface area contributed by atoms with Crippen molar-refractivity contribution in [3.8, 4) is 0 Å². The van der Waals surface area contributed by atoms with E-state index in [4.69, 9.17) is 0 Å². The van der Waals surface area contributed by atoms with Crippen molar-refractivity contribution in [2.75, 3.05) is 11.9 Å². The van der Waals surface area contributed by atoms with Gasteiger partial charge in [0.1, 0.15) is 5.82 Å². The first-order chi connectivity index (χ1) is 9.95. The van der Waals surface area contributed by atoms with Gasteiger partial charge in [0.05, 0.1) is 6.20 Å². The molecule has 0 fully saturated rings. The first kappa shape index (κ1) is 15.5. The van der Waals surface area contributed by atoms with Gasteiger partial charge in [0.2, 0.25) is 0 Å². The highest BCUT2D eigenvalue weighted by molar-refractivity contribution is 5.53. The molecule has 4 nitrogen and oxygen atoms in total. The summed E-state index contributed by atoms with van der Waals surface area (Å²) < 4.78 is 15.3. The molecule has 21 heavy (non-hydrogen) atoms. The van der Waals surface area contributed by atoms with Crippen molar-refractivity contribution < 1.29 is 4.39 Å². The molecule has 1 aromatic carbocycles. The van der Waals surface area contributed by atoms with Crippen LogP contribution in [0.25, 0.3) is 0 Å². The van der Waals surface area contributed by atoms with E-state index in [9.17, 15) is 4.39 Å². The Balaban J connectivity index is 2.16. The molecule has 0 unspecified atom stereocenters. The average molecular weight is 290 g/mol. The zero-order valence-electron chi connectivity index (χ0n) is 13.1. The summed E-state index contributed by atoms with van der Waals surface area (Å²) in [5.74, 6) is -0.200. The molecule has 0 atom stereocenters. The molecule has 0 saturated carbocycles. The molecule has 1 aromatic heterocycles. The van der Waals surface area contributed by atoms with Gasteiger partial charge in [-0.15, -0.1) is 0 Å². The van der Waals surface area contributed by atoms with Gasteiger partial charge in [0.25, 0.3) is 0 Å². The molecule has 0 bridgehead atoms. The Kier molecular flexibility index (Phi) is 4.96. The highest BCUT2D eigenvalue weighted by Crippen LogP contribution is 2.22. The molecule has 0 radical (unpaired) electrons. The van der Waals surface area contributed by atoms with Crippen LogP contribution in [0, 0.1) is 5.82 Å². The van der Waals surface area contributed by atoms with Crippen molar-refractivity contribution in [2.24, 2.45) is 7.05 Å². The number of nitrogens with zero attached hydrogens (tertiary/aromatic N) is 3. The number of halogens is 1. The summed E-state index contributed by atoms with van der Waals surface area (Å²) in [4.78, 5) is 2.12. The molecular weight excluding hydrogens is 267 g/mol. The van der Waals surface area contributed by atoms with Crippen LogP contribution in [0.15, 0.2) is 30.6 Å². The van der Waals surface area contributed by atoms with Crippen molar-refractivity contribution >= 4 is 5.69 Å². The fourth-order valence-electron chi connectivity index (χ4n) is 2.29. The highest BCUT2D eigenvalue weighted by atomic mass is 19.1.